The lowest BCUT2D eigenvalue weighted by Gasteiger charge is -2.14. The van der Waals surface area contributed by atoms with Gasteiger partial charge in [0, 0.05) is 32.1 Å². The van der Waals surface area contributed by atoms with Gasteiger partial charge in [-0.3, -0.25) is 0 Å². The van der Waals surface area contributed by atoms with Gasteiger partial charge >= 0.3 is 10.2 Å². The van der Waals surface area contributed by atoms with E-state index in [2.05, 4.69) is 10.3 Å². The third-order valence-electron chi connectivity index (χ3n) is 3.54. The summed E-state index contributed by atoms with van der Waals surface area (Å²) >= 11 is 0. The first kappa shape index (κ1) is 16.3. The van der Waals surface area contributed by atoms with Gasteiger partial charge < -0.3 is 4.52 Å². The number of aromatic nitrogens is 3. The molecule has 3 rings (SSSR count). The Hall–Kier alpha value is -2.52. The largest absolute Gasteiger partial charge is 0.364 e. The number of halogens is 1. The molecule has 3 aromatic rings. The molecule has 0 atom stereocenters. The van der Waals surface area contributed by atoms with Gasteiger partial charge in [-0.2, -0.15) is 17.8 Å². The predicted molar refractivity (Wildman–Crippen MR) is 84.9 cm³/mol. The van der Waals surface area contributed by atoms with Crippen molar-refractivity contribution in [2.45, 2.75) is 6.42 Å². The van der Waals surface area contributed by atoms with E-state index in [-0.39, 0.29) is 6.42 Å². The van der Waals surface area contributed by atoms with Gasteiger partial charge in [0.05, 0.1) is 11.9 Å². The van der Waals surface area contributed by atoms with Crippen LogP contribution in [-0.2, 0) is 16.6 Å². The van der Waals surface area contributed by atoms with E-state index < -0.39 is 16.0 Å². The van der Waals surface area contributed by atoms with E-state index >= 15 is 0 Å². The minimum absolute atomic E-state index is 0.0436. The van der Waals surface area contributed by atoms with Crippen LogP contribution in [0.25, 0.3) is 11.3 Å². The van der Waals surface area contributed by atoms with Crippen molar-refractivity contribution in [3.63, 3.8) is 0 Å². The first-order valence-corrected chi connectivity index (χ1v) is 8.45. The van der Waals surface area contributed by atoms with Crippen molar-refractivity contribution in [1.82, 2.24) is 18.6 Å². The third-order valence-corrected chi connectivity index (χ3v) is 5.22. The van der Waals surface area contributed by atoms with Crippen LogP contribution in [0.4, 0.5) is 4.39 Å². The highest BCUT2D eigenvalue weighted by molar-refractivity contribution is 7.87. The average molecular weight is 350 g/mol. The van der Waals surface area contributed by atoms with Crippen LogP contribution >= 0.6 is 0 Å². The number of hydrogen-bond donors (Lipinski definition) is 0. The monoisotopic (exact) mass is 350 g/mol. The second-order valence-electron chi connectivity index (χ2n) is 5.29. The van der Waals surface area contributed by atoms with Gasteiger partial charge in [-0.05, 0) is 11.6 Å². The van der Waals surface area contributed by atoms with Crippen LogP contribution < -0.4 is 0 Å². The molecule has 2 aromatic heterocycles. The number of rotatable bonds is 5. The molecule has 0 spiro atoms. The highest BCUT2D eigenvalue weighted by atomic mass is 32.2. The lowest BCUT2D eigenvalue weighted by Crippen LogP contribution is -2.31. The highest BCUT2D eigenvalue weighted by Crippen LogP contribution is 2.26. The van der Waals surface area contributed by atoms with Crippen molar-refractivity contribution in [1.29, 1.82) is 0 Å². The summed E-state index contributed by atoms with van der Waals surface area (Å²) in [5, 5.41) is 7.79. The predicted octanol–water partition coefficient (Wildman–Crippen LogP) is 1.92. The van der Waals surface area contributed by atoms with Crippen LogP contribution in [0.3, 0.4) is 0 Å². The second-order valence-corrected chi connectivity index (χ2v) is 7.26. The fourth-order valence-corrected chi connectivity index (χ4v) is 3.18. The molecule has 0 aliphatic heterocycles. The molecule has 24 heavy (non-hydrogen) atoms. The quantitative estimate of drug-likeness (QED) is 0.702. The minimum atomic E-state index is -3.85. The van der Waals surface area contributed by atoms with Crippen LogP contribution in [0.1, 0.15) is 11.3 Å². The van der Waals surface area contributed by atoms with Crippen LogP contribution in [0.5, 0.6) is 0 Å². The fraction of sp³-hybridized carbons (Fsp3) is 0.200. The zero-order valence-electron chi connectivity index (χ0n) is 13.0. The molecule has 2 heterocycles. The van der Waals surface area contributed by atoms with Crippen molar-refractivity contribution in [3.8, 4) is 11.3 Å². The van der Waals surface area contributed by atoms with Crippen molar-refractivity contribution < 1.29 is 17.3 Å². The Morgan fingerprint density at radius 2 is 2.00 bits per heavy atom. The van der Waals surface area contributed by atoms with Crippen molar-refractivity contribution in [2.75, 3.05) is 14.1 Å². The van der Waals surface area contributed by atoms with Gasteiger partial charge in [-0.25, -0.2) is 4.39 Å². The Balaban J connectivity index is 2.17. The van der Waals surface area contributed by atoms with Gasteiger partial charge in [-0.1, -0.05) is 23.4 Å². The topological polar surface area (TPSA) is 81.2 Å². The Kier molecular flexibility index (Phi) is 4.20. The van der Waals surface area contributed by atoms with E-state index in [9.17, 15) is 12.8 Å². The maximum atomic E-state index is 14.0. The van der Waals surface area contributed by atoms with Crippen molar-refractivity contribution in [2.24, 2.45) is 0 Å². The van der Waals surface area contributed by atoms with Crippen LogP contribution in [0.15, 0.2) is 47.3 Å². The Labute approximate surface area is 138 Å². The second kappa shape index (κ2) is 6.17. The number of benzene rings is 1. The molecule has 0 fully saturated rings. The molecule has 0 aliphatic rings. The molecule has 0 N–H and O–H groups in total. The molecule has 126 valence electrons. The third kappa shape index (κ3) is 2.83. The lowest BCUT2D eigenvalue weighted by molar-refractivity contribution is 0.422. The molecule has 0 saturated heterocycles. The lowest BCUT2D eigenvalue weighted by atomic mass is 10.1. The molecular formula is C15H15FN4O3S. The molecule has 9 heteroatoms. The molecular weight excluding hydrogens is 335 g/mol. The summed E-state index contributed by atoms with van der Waals surface area (Å²) < 4.78 is 45.8. The van der Waals surface area contributed by atoms with Crippen molar-refractivity contribution >= 4 is 10.2 Å². The summed E-state index contributed by atoms with van der Waals surface area (Å²) in [5.74, 6) is -0.418. The summed E-state index contributed by atoms with van der Waals surface area (Å²) in [7, 11) is -1.05. The summed E-state index contributed by atoms with van der Waals surface area (Å²) in [4.78, 5) is 0. The Morgan fingerprint density at radius 1 is 1.25 bits per heavy atom. The van der Waals surface area contributed by atoms with Crippen LogP contribution in [0.2, 0.25) is 0 Å². The zero-order chi connectivity index (χ0) is 17.3. The number of hydrogen-bond acceptors (Lipinski definition) is 5. The SMILES string of the molecule is CN(C)S(=O)(=O)n1ncc(-c2ccon2)c1Cc1ccccc1F. The van der Waals surface area contributed by atoms with Gasteiger partial charge in [-0.15, -0.1) is 4.09 Å². The fourth-order valence-electron chi connectivity index (χ4n) is 2.26. The Bertz CT molecular complexity index is 949. The van der Waals surface area contributed by atoms with Gasteiger partial charge in [0.25, 0.3) is 0 Å². The maximum absolute atomic E-state index is 14.0. The molecule has 7 nitrogen and oxygen atoms in total. The minimum Gasteiger partial charge on any atom is -0.364 e. The molecule has 0 unspecified atom stereocenters. The standard InChI is InChI=1S/C15H15FN4O3S/c1-19(2)24(21,22)20-15(9-11-5-3-4-6-13(11)16)12(10-17-20)14-7-8-23-18-14/h3-8,10H,9H2,1-2H3. The molecule has 0 radical (unpaired) electrons. The first-order chi connectivity index (χ1) is 11.4. The van der Waals surface area contributed by atoms with Gasteiger partial charge in [0.2, 0.25) is 0 Å². The summed E-state index contributed by atoms with van der Waals surface area (Å²) in [6.07, 6.45) is 2.80. The smallest absolute Gasteiger partial charge is 0.322 e. The molecule has 0 saturated carbocycles. The Morgan fingerprint density at radius 3 is 2.62 bits per heavy atom. The van der Waals surface area contributed by atoms with Gasteiger partial charge in [0.15, 0.2) is 0 Å². The van der Waals surface area contributed by atoms with E-state index in [0.29, 0.717) is 22.5 Å². The molecule has 1 aromatic carbocycles. The van der Waals surface area contributed by atoms with E-state index in [0.717, 1.165) is 8.39 Å². The summed E-state index contributed by atoms with van der Waals surface area (Å²) in [5.41, 5.74) is 1.57. The van der Waals surface area contributed by atoms with Crippen LogP contribution in [-0.4, -0.2) is 41.2 Å². The number of nitrogens with zero attached hydrogens (tertiary/aromatic N) is 4. The van der Waals surface area contributed by atoms with Gasteiger partial charge in [0.1, 0.15) is 17.8 Å². The van der Waals surface area contributed by atoms with E-state index in [1.54, 1.807) is 24.3 Å². The van der Waals surface area contributed by atoms with Crippen LogP contribution in [0, 0.1) is 5.82 Å². The highest BCUT2D eigenvalue weighted by Gasteiger charge is 2.25. The zero-order valence-corrected chi connectivity index (χ0v) is 13.9. The summed E-state index contributed by atoms with van der Waals surface area (Å²) in [6.45, 7) is 0. The summed E-state index contributed by atoms with van der Waals surface area (Å²) in [6, 6.07) is 7.78. The van der Waals surface area contributed by atoms with E-state index in [1.165, 1.54) is 32.6 Å². The maximum Gasteiger partial charge on any atom is 0.322 e. The normalized spacial score (nSPS) is 12.0. The molecule has 0 aliphatic carbocycles. The molecule has 0 bridgehead atoms. The van der Waals surface area contributed by atoms with Crippen molar-refractivity contribution in [3.05, 3.63) is 59.9 Å². The first-order valence-electron chi connectivity index (χ1n) is 7.05. The average Bonchev–Trinajstić information content (AvgIpc) is 3.18. The molecule has 0 amide bonds. The van der Waals surface area contributed by atoms with E-state index in [4.69, 9.17) is 4.52 Å². The van der Waals surface area contributed by atoms with E-state index in [1.807, 2.05) is 0 Å².